The van der Waals surface area contributed by atoms with Crippen LogP contribution in [0, 0.1) is 0 Å². The Balaban J connectivity index is 1.65. The molecule has 0 unspecified atom stereocenters. The zero-order valence-electron chi connectivity index (χ0n) is 17.2. The molecule has 5 rings (SSSR count). The zero-order valence-corrected chi connectivity index (χ0v) is 18.0. The number of thiocarbonyl (C=S) groups is 1. The van der Waals surface area contributed by atoms with Crippen molar-refractivity contribution in [2.24, 2.45) is 0 Å². The molecule has 4 heterocycles. The number of anilines is 1. The summed E-state index contributed by atoms with van der Waals surface area (Å²) in [4.78, 5) is 11.4. The molecule has 1 saturated heterocycles. The van der Waals surface area contributed by atoms with E-state index < -0.39 is 0 Å². The predicted molar refractivity (Wildman–Crippen MR) is 127 cm³/mol. The fourth-order valence-electron chi connectivity index (χ4n) is 4.17. The van der Waals surface area contributed by atoms with Gasteiger partial charge < -0.3 is 14.8 Å². The number of benzene rings is 1. The van der Waals surface area contributed by atoms with Crippen LogP contribution in [0.25, 0.3) is 5.82 Å². The number of aryl methyl sites for hydroxylation is 1. The molecular formula is C25H23N5S. The molecule has 0 aliphatic carbocycles. The third-order valence-electron chi connectivity index (χ3n) is 5.70. The van der Waals surface area contributed by atoms with Crippen molar-refractivity contribution in [2.75, 3.05) is 4.90 Å². The van der Waals surface area contributed by atoms with Crippen LogP contribution in [0.3, 0.4) is 0 Å². The van der Waals surface area contributed by atoms with Gasteiger partial charge in [-0.25, -0.2) is 4.98 Å². The van der Waals surface area contributed by atoms with Gasteiger partial charge in [0.15, 0.2) is 5.11 Å². The van der Waals surface area contributed by atoms with Crippen LogP contribution in [0.5, 0.6) is 0 Å². The third-order valence-corrected chi connectivity index (χ3v) is 6.01. The summed E-state index contributed by atoms with van der Waals surface area (Å²) in [6, 6.07) is 24.6. The van der Waals surface area contributed by atoms with E-state index in [4.69, 9.17) is 12.2 Å². The van der Waals surface area contributed by atoms with Crippen LogP contribution in [0.15, 0.2) is 91.4 Å². The SMILES string of the molecule is CCc1ccc(N2C(=S)N[C@H](c3ccccn3)[C@@H]2c2cccn2-c2ccccn2)cc1. The maximum Gasteiger partial charge on any atom is 0.174 e. The van der Waals surface area contributed by atoms with Gasteiger partial charge in [-0.05, 0) is 72.7 Å². The Morgan fingerprint density at radius 1 is 0.903 bits per heavy atom. The van der Waals surface area contributed by atoms with Crippen molar-refractivity contribution in [1.29, 1.82) is 0 Å². The molecule has 31 heavy (non-hydrogen) atoms. The van der Waals surface area contributed by atoms with Gasteiger partial charge in [-0.3, -0.25) is 4.98 Å². The van der Waals surface area contributed by atoms with Gasteiger partial charge in [0.2, 0.25) is 0 Å². The standard InChI is InChI=1S/C25H23N5S/c1-2-18-11-13-19(14-12-18)30-24(23(28-25(30)31)20-8-3-5-15-26-20)21-9-7-17-29(21)22-10-4-6-16-27-22/h3-17,23-24H,2H2,1H3,(H,28,31)/t23-,24+/m1/s1. The lowest BCUT2D eigenvalue weighted by Gasteiger charge is -2.29. The van der Waals surface area contributed by atoms with Gasteiger partial charge in [-0.1, -0.05) is 31.2 Å². The van der Waals surface area contributed by atoms with Gasteiger partial charge in [0.05, 0.1) is 11.7 Å². The molecule has 154 valence electrons. The van der Waals surface area contributed by atoms with E-state index in [1.807, 2.05) is 55.0 Å². The highest BCUT2D eigenvalue weighted by molar-refractivity contribution is 7.80. The summed E-state index contributed by atoms with van der Waals surface area (Å²) in [5.74, 6) is 0.876. The highest BCUT2D eigenvalue weighted by atomic mass is 32.1. The Hall–Kier alpha value is -3.51. The summed E-state index contributed by atoms with van der Waals surface area (Å²) in [5.41, 5.74) is 4.42. The molecule has 4 aromatic rings. The summed E-state index contributed by atoms with van der Waals surface area (Å²) in [7, 11) is 0. The first-order valence-electron chi connectivity index (χ1n) is 10.4. The zero-order chi connectivity index (χ0) is 21.2. The quantitative estimate of drug-likeness (QED) is 0.456. The Kier molecular flexibility index (Phi) is 5.22. The van der Waals surface area contributed by atoms with Crippen molar-refractivity contribution in [3.05, 3.63) is 108 Å². The second-order valence-corrected chi connectivity index (χ2v) is 7.89. The average Bonchev–Trinajstić information content (AvgIpc) is 3.44. The van der Waals surface area contributed by atoms with Crippen LogP contribution in [-0.4, -0.2) is 19.6 Å². The number of hydrogen-bond donors (Lipinski definition) is 1. The Labute approximate surface area is 187 Å². The fourth-order valence-corrected chi connectivity index (χ4v) is 4.51. The number of pyridine rings is 2. The van der Waals surface area contributed by atoms with Crippen LogP contribution in [-0.2, 0) is 6.42 Å². The molecule has 1 aliphatic heterocycles. The normalized spacial score (nSPS) is 18.2. The monoisotopic (exact) mass is 425 g/mol. The average molecular weight is 426 g/mol. The van der Waals surface area contributed by atoms with Gasteiger partial charge in [0.25, 0.3) is 0 Å². The number of aromatic nitrogens is 3. The van der Waals surface area contributed by atoms with E-state index in [0.29, 0.717) is 5.11 Å². The fraction of sp³-hybridized carbons (Fsp3) is 0.160. The van der Waals surface area contributed by atoms with Gasteiger partial charge in [-0.2, -0.15) is 0 Å². The van der Waals surface area contributed by atoms with E-state index in [9.17, 15) is 0 Å². The van der Waals surface area contributed by atoms with Crippen molar-refractivity contribution in [3.8, 4) is 5.82 Å². The summed E-state index contributed by atoms with van der Waals surface area (Å²) in [6.45, 7) is 2.16. The minimum absolute atomic E-state index is 0.0770. The first-order chi connectivity index (χ1) is 15.3. The molecule has 3 aromatic heterocycles. The second-order valence-electron chi connectivity index (χ2n) is 7.51. The molecule has 0 saturated carbocycles. The molecule has 0 amide bonds. The van der Waals surface area contributed by atoms with Gasteiger partial charge in [-0.15, -0.1) is 0 Å². The van der Waals surface area contributed by atoms with Crippen molar-refractivity contribution in [1.82, 2.24) is 19.9 Å². The number of hydrogen-bond acceptors (Lipinski definition) is 3. The molecule has 1 aliphatic rings. The largest absolute Gasteiger partial charge is 0.351 e. The molecule has 0 spiro atoms. The van der Waals surface area contributed by atoms with Crippen molar-refractivity contribution in [2.45, 2.75) is 25.4 Å². The van der Waals surface area contributed by atoms with Gasteiger partial charge >= 0.3 is 0 Å². The molecular weight excluding hydrogens is 402 g/mol. The molecule has 1 N–H and O–H groups in total. The summed E-state index contributed by atoms with van der Waals surface area (Å²) < 4.78 is 2.13. The number of nitrogens with zero attached hydrogens (tertiary/aromatic N) is 4. The highest BCUT2D eigenvalue weighted by Crippen LogP contribution is 2.42. The molecule has 1 fully saturated rings. The molecule has 2 atom stereocenters. The van der Waals surface area contributed by atoms with E-state index in [-0.39, 0.29) is 12.1 Å². The summed E-state index contributed by atoms with van der Waals surface area (Å²) in [6.07, 6.45) is 6.69. The molecule has 1 aromatic carbocycles. The topological polar surface area (TPSA) is 46.0 Å². The third kappa shape index (κ3) is 3.59. The van der Waals surface area contributed by atoms with Crippen LogP contribution in [0.4, 0.5) is 5.69 Å². The van der Waals surface area contributed by atoms with Crippen LogP contribution in [0.1, 0.15) is 36.0 Å². The molecule has 5 nitrogen and oxygen atoms in total. The lowest BCUT2D eigenvalue weighted by molar-refractivity contribution is 0.548. The van der Waals surface area contributed by atoms with Crippen molar-refractivity contribution >= 4 is 23.0 Å². The molecule has 6 heteroatoms. The van der Waals surface area contributed by atoms with E-state index in [1.165, 1.54) is 5.56 Å². The maximum absolute atomic E-state index is 5.83. The Morgan fingerprint density at radius 3 is 2.35 bits per heavy atom. The van der Waals surface area contributed by atoms with E-state index >= 15 is 0 Å². The van der Waals surface area contributed by atoms with Crippen LogP contribution < -0.4 is 10.2 Å². The first-order valence-corrected chi connectivity index (χ1v) is 10.9. The highest BCUT2D eigenvalue weighted by Gasteiger charge is 2.42. The Bertz CT molecular complexity index is 1170. The van der Waals surface area contributed by atoms with E-state index in [1.54, 1.807) is 0 Å². The van der Waals surface area contributed by atoms with Crippen molar-refractivity contribution in [3.63, 3.8) is 0 Å². The van der Waals surface area contributed by atoms with Crippen LogP contribution >= 0.6 is 12.2 Å². The van der Waals surface area contributed by atoms with Gasteiger partial charge in [0, 0.05) is 30.0 Å². The predicted octanol–water partition coefficient (Wildman–Crippen LogP) is 5.01. The lowest BCUT2D eigenvalue weighted by Crippen LogP contribution is -2.30. The van der Waals surface area contributed by atoms with Gasteiger partial charge in [0.1, 0.15) is 11.9 Å². The second kappa shape index (κ2) is 8.32. The lowest BCUT2D eigenvalue weighted by atomic mass is 10.0. The summed E-state index contributed by atoms with van der Waals surface area (Å²) >= 11 is 5.83. The van der Waals surface area contributed by atoms with Crippen LogP contribution in [0.2, 0.25) is 0 Å². The first kappa shape index (κ1) is 19.5. The minimum Gasteiger partial charge on any atom is -0.351 e. The Morgan fingerprint density at radius 2 is 1.68 bits per heavy atom. The smallest absolute Gasteiger partial charge is 0.174 e. The van der Waals surface area contributed by atoms with Crippen molar-refractivity contribution < 1.29 is 0 Å². The number of nitrogens with one attached hydrogen (secondary N) is 1. The van der Waals surface area contributed by atoms with E-state index in [2.05, 4.69) is 68.1 Å². The molecule has 0 radical (unpaired) electrons. The van der Waals surface area contributed by atoms with E-state index in [0.717, 1.165) is 29.3 Å². The number of rotatable bonds is 5. The molecule has 0 bridgehead atoms. The minimum atomic E-state index is -0.0862. The maximum atomic E-state index is 5.83. The summed E-state index contributed by atoms with van der Waals surface area (Å²) in [5, 5.41) is 4.22.